The number of amides is 1. The van der Waals surface area contributed by atoms with Gasteiger partial charge in [0.1, 0.15) is 10.6 Å². The monoisotopic (exact) mass is 392 g/mol. The molecule has 1 aromatic carbocycles. The van der Waals surface area contributed by atoms with E-state index in [0.29, 0.717) is 42.2 Å². The van der Waals surface area contributed by atoms with Crippen molar-refractivity contribution in [3.8, 4) is 5.75 Å². The molecule has 1 saturated heterocycles. The van der Waals surface area contributed by atoms with Crippen molar-refractivity contribution in [2.75, 3.05) is 25.5 Å². The van der Waals surface area contributed by atoms with Gasteiger partial charge in [0.15, 0.2) is 0 Å². The lowest BCUT2D eigenvalue weighted by molar-refractivity contribution is -0.120. The van der Waals surface area contributed by atoms with Gasteiger partial charge in [-0.3, -0.25) is 9.89 Å². The maximum absolute atomic E-state index is 13.0. The average Bonchev–Trinajstić information content (AvgIpc) is 3.01. The third-order valence-electron chi connectivity index (χ3n) is 4.75. The van der Waals surface area contributed by atoms with Crippen LogP contribution in [0.5, 0.6) is 5.75 Å². The zero-order chi connectivity index (χ0) is 19.6. The molecule has 1 unspecified atom stereocenters. The van der Waals surface area contributed by atoms with Crippen LogP contribution < -0.4 is 10.1 Å². The molecule has 9 heteroatoms. The number of H-pyrrole nitrogens is 1. The fourth-order valence-corrected chi connectivity index (χ4v) is 5.23. The van der Waals surface area contributed by atoms with Gasteiger partial charge in [-0.1, -0.05) is 6.07 Å². The summed E-state index contributed by atoms with van der Waals surface area (Å²) < 4.78 is 32.6. The smallest absolute Gasteiger partial charge is 0.246 e. The van der Waals surface area contributed by atoms with Gasteiger partial charge in [-0.25, -0.2) is 8.42 Å². The lowest BCUT2D eigenvalue weighted by Crippen LogP contribution is -2.43. The Morgan fingerprint density at radius 2 is 2.15 bits per heavy atom. The van der Waals surface area contributed by atoms with Crippen LogP contribution in [0.15, 0.2) is 29.2 Å². The van der Waals surface area contributed by atoms with Crippen LogP contribution in [0, 0.1) is 19.8 Å². The number of carbonyl (C=O) groups is 1. The summed E-state index contributed by atoms with van der Waals surface area (Å²) in [6.45, 7) is 3.90. The predicted molar refractivity (Wildman–Crippen MR) is 101 cm³/mol. The first-order valence-corrected chi connectivity index (χ1v) is 10.2. The van der Waals surface area contributed by atoms with Crippen LogP contribution in [-0.4, -0.2) is 49.0 Å². The maximum atomic E-state index is 13.0. The van der Waals surface area contributed by atoms with Crippen LogP contribution in [0.2, 0.25) is 0 Å². The SMILES string of the molecule is COc1cccc(NC(=O)C2CCCN(S(=O)(=O)c3c(C)n[nH]c3C)C2)c1. The summed E-state index contributed by atoms with van der Waals surface area (Å²) >= 11 is 0. The highest BCUT2D eigenvalue weighted by Gasteiger charge is 2.35. The first-order chi connectivity index (χ1) is 12.8. The molecule has 1 aliphatic rings. The van der Waals surface area contributed by atoms with E-state index in [1.54, 1.807) is 45.2 Å². The summed E-state index contributed by atoms with van der Waals surface area (Å²) in [5, 5.41) is 9.55. The number of carbonyl (C=O) groups excluding carboxylic acids is 1. The third kappa shape index (κ3) is 3.98. The van der Waals surface area contributed by atoms with Gasteiger partial charge in [0, 0.05) is 24.8 Å². The van der Waals surface area contributed by atoms with Crippen molar-refractivity contribution in [2.24, 2.45) is 5.92 Å². The van der Waals surface area contributed by atoms with Crippen molar-refractivity contribution < 1.29 is 17.9 Å². The molecule has 0 bridgehead atoms. The number of hydrogen-bond acceptors (Lipinski definition) is 5. The molecule has 0 aliphatic carbocycles. The van der Waals surface area contributed by atoms with E-state index in [9.17, 15) is 13.2 Å². The number of aromatic nitrogens is 2. The lowest BCUT2D eigenvalue weighted by Gasteiger charge is -2.31. The number of sulfonamides is 1. The van der Waals surface area contributed by atoms with Crippen LogP contribution in [0.25, 0.3) is 0 Å². The summed E-state index contributed by atoms with van der Waals surface area (Å²) in [4.78, 5) is 12.9. The fraction of sp³-hybridized carbons (Fsp3) is 0.444. The van der Waals surface area contributed by atoms with Crippen molar-refractivity contribution in [1.82, 2.24) is 14.5 Å². The summed E-state index contributed by atoms with van der Waals surface area (Å²) in [5.41, 5.74) is 1.58. The van der Waals surface area contributed by atoms with Crippen LogP contribution in [-0.2, 0) is 14.8 Å². The van der Waals surface area contributed by atoms with Gasteiger partial charge in [-0.2, -0.15) is 9.40 Å². The standard InChI is InChI=1S/C18H24N4O4S/c1-12-17(13(2)21-20-12)27(24,25)22-9-5-6-14(11-22)18(23)19-15-7-4-8-16(10-15)26-3/h4,7-8,10,14H,5-6,9,11H2,1-3H3,(H,19,23)(H,20,21). The maximum Gasteiger partial charge on any atom is 0.246 e. The molecule has 1 aromatic heterocycles. The molecule has 8 nitrogen and oxygen atoms in total. The number of piperidine rings is 1. The second kappa shape index (κ2) is 7.69. The predicted octanol–water partition coefficient (Wildman–Crippen LogP) is 2.07. The molecule has 0 spiro atoms. The number of ether oxygens (including phenoxy) is 1. The molecule has 146 valence electrons. The summed E-state index contributed by atoms with van der Waals surface area (Å²) in [5.74, 6) is 0.0441. The van der Waals surface area contributed by atoms with Crippen LogP contribution >= 0.6 is 0 Å². The molecule has 27 heavy (non-hydrogen) atoms. The van der Waals surface area contributed by atoms with Gasteiger partial charge < -0.3 is 10.1 Å². The van der Waals surface area contributed by atoms with Gasteiger partial charge in [0.25, 0.3) is 0 Å². The molecule has 0 radical (unpaired) electrons. The van der Waals surface area contributed by atoms with Gasteiger partial charge in [0.2, 0.25) is 15.9 Å². The number of aryl methyl sites for hydroxylation is 2. The Morgan fingerprint density at radius 3 is 2.81 bits per heavy atom. The Kier molecular flexibility index (Phi) is 5.52. The number of nitrogens with zero attached hydrogens (tertiary/aromatic N) is 2. The number of rotatable bonds is 5. The normalized spacial score (nSPS) is 18.3. The molecular weight excluding hydrogens is 368 g/mol. The molecule has 2 N–H and O–H groups in total. The fourth-order valence-electron chi connectivity index (χ4n) is 3.37. The zero-order valence-corrected chi connectivity index (χ0v) is 16.5. The van der Waals surface area contributed by atoms with Crippen molar-refractivity contribution in [3.63, 3.8) is 0 Å². The van der Waals surface area contributed by atoms with E-state index >= 15 is 0 Å². The minimum Gasteiger partial charge on any atom is -0.497 e. The van der Waals surface area contributed by atoms with Gasteiger partial charge in [-0.05, 0) is 38.8 Å². The molecule has 1 atom stereocenters. The number of benzene rings is 1. The first-order valence-electron chi connectivity index (χ1n) is 8.79. The largest absolute Gasteiger partial charge is 0.497 e. The highest BCUT2D eigenvalue weighted by atomic mass is 32.2. The van der Waals surface area contributed by atoms with Gasteiger partial charge in [-0.15, -0.1) is 0 Å². The number of anilines is 1. The molecule has 1 fully saturated rings. The molecular formula is C18H24N4O4S. The molecule has 0 saturated carbocycles. The zero-order valence-electron chi connectivity index (χ0n) is 15.7. The summed E-state index contributed by atoms with van der Waals surface area (Å²) in [6, 6.07) is 7.08. The lowest BCUT2D eigenvalue weighted by atomic mass is 9.98. The Balaban J connectivity index is 1.74. The highest BCUT2D eigenvalue weighted by Crippen LogP contribution is 2.27. The van der Waals surface area contributed by atoms with Crippen LogP contribution in [0.1, 0.15) is 24.2 Å². The quantitative estimate of drug-likeness (QED) is 0.811. The highest BCUT2D eigenvalue weighted by molar-refractivity contribution is 7.89. The van der Waals surface area contributed by atoms with Crippen LogP contribution in [0.3, 0.4) is 0 Å². The number of hydrogen-bond donors (Lipinski definition) is 2. The van der Waals surface area contributed by atoms with Crippen molar-refractivity contribution in [3.05, 3.63) is 35.7 Å². The second-order valence-corrected chi connectivity index (χ2v) is 8.56. The van der Waals surface area contributed by atoms with E-state index in [0.717, 1.165) is 0 Å². The first kappa shape index (κ1) is 19.4. The minimum atomic E-state index is -3.69. The van der Waals surface area contributed by atoms with E-state index in [2.05, 4.69) is 15.5 Å². The molecule has 2 heterocycles. The molecule has 1 amide bonds. The third-order valence-corrected chi connectivity index (χ3v) is 6.88. The molecule has 1 aliphatic heterocycles. The Morgan fingerprint density at radius 1 is 1.37 bits per heavy atom. The Labute approximate surface area is 159 Å². The van der Waals surface area contributed by atoms with Crippen LogP contribution in [0.4, 0.5) is 5.69 Å². The summed E-state index contributed by atoms with van der Waals surface area (Å²) in [6.07, 6.45) is 1.27. The van der Waals surface area contributed by atoms with Gasteiger partial charge >= 0.3 is 0 Å². The van der Waals surface area contributed by atoms with Crippen molar-refractivity contribution in [2.45, 2.75) is 31.6 Å². The number of nitrogens with one attached hydrogen (secondary N) is 2. The number of aromatic amines is 1. The minimum absolute atomic E-state index is 0.155. The molecule has 3 rings (SSSR count). The summed E-state index contributed by atoms with van der Waals surface area (Å²) in [7, 11) is -2.13. The average molecular weight is 392 g/mol. The second-order valence-electron chi connectivity index (χ2n) is 6.69. The van der Waals surface area contributed by atoms with E-state index in [1.807, 2.05) is 0 Å². The van der Waals surface area contributed by atoms with E-state index in [-0.39, 0.29) is 17.3 Å². The Bertz CT molecular complexity index is 919. The van der Waals surface area contributed by atoms with E-state index in [4.69, 9.17) is 4.74 Å². The van der Waals surface area contributed by atoms with E-state index in [1.165, 1.54) is 4.31 Å². The van der Waals surface area contributed by atoms with Crippen molar-refractivity contribution >= 4 is 21.6 Å². The van der Waals surface area contributed by atoms with Gasteiger partial charge in [0.05, 0.1) is 24.4 Å². The topological polar surface area (TPSA) is 104 Å². The number of methoxy groups -OCH3 is 1. The van der Waals surface area contributed by atoms with Crippen molar-refractivity contribution in [1.29, 1.82) is 0 Å². The Hall–Kier alpha value is -2.39. The molecule has 2 aromatic rings. The van der Waals surface area contributed by atoms with E-state index < -0.39 is 15.9 Å².